The van der Waals surface area contributed by atoms with Crippen molar-refractivity contribution in [3.63, 3.8) is 0 Å². The van der Waals surface area contributed by atoms with Crippen LogP contribution in [0.25, 0.3) is 71.6 Å². The minimum atomic E-state index is -3.59. The van der Waals surface area contributed by atoms with Gasteiger partial charge in [-0.15, -0.1) is 0 Å². The van der Waals surface area contributed by atoms with Crippen molar-refractivity contribution in [2.45, 2.75) is 29.6 Å². The molecule has 0 spiro atoms. The summed E-state index contributed by atoms with van der Waals surface area (Å²) in [6, 6.07) is 50.5. The zero-order valence-electron chi connectivity index (χ0n) is 31.8. The third-order valence-electron chi connectivity index (χ3n) is 12.1. The van der Waals surface area contributed by atoms with Crippen LogP contribution in [0.1, 0.15) is 27.8 Å². The first-order valence-corrected chi connectivity index (χ1v) is 20.7. The molecule has 0 saturated heterocycles. The maximum absolute atomic E-state index is 13.6. The lowest BCUT2D eigenvalue weighted by molar-refractivity contribution is 0.415. The van der Waals surface area contributed by atoms with Gasteiger partial charge < -0.3 is 14.0 Å². The second-order valence-corrected chi connectivity index (χ2v) is 17.3. The molecule has 11 rings (SSSR count). The van der Waals surface area contributed by atoms with Crippen molar-refractivity contribution in [2.24, 2.45) is 0 Å². The molecule has 276 valence electrons. The molecule has 9 aromatic rings. The smallest absolute Gasteiger partial charge is 0.207 e. The number of hydrogen-bond donors (Lipinski definition) is 0. The molecule has 2 aliphatic rings. The van der Waals surface area contributed by atoms with E-state index in [2.05, 4.69) is 109 Å². The zero-order chi connectivity index (χ0) is 38.6. The molecular weight excluding hydrogens is 723 g/mol. The molecule has 0 fully saturated rings. The van der Waals surface area contributed by atoms with Gasteiger partial charge in [-0.05, 0) is 154 Å². The third kappa shape index (κ3) is 5.24. The molecule has 57 heavy (non-hydrogen) atoms. The lowest BCUT2D eigenvalue weighted by atomic mass is 9.84. The highest BCUT2D eigenvalue weighted by Gasteiger charge is 2.33. The lowest BCUT2D eigenvalue weighted by Crippen LogP contribution is -2.08. The zero-order valence-corrected chi connectivity index (χ0v) is 32.6. The van der Waals surface area contributed by atoms with Crippen molar-refractivity contribution >= 4 is 42.4 Å². The summed E-state index contributed by atoms with van der Waals surface area (Å²) < 4.78 is 40.8. The number of aromatic nitrogens is 1. The molecule has 0 atom stereocenters. The van der Waals surface area contributed by atoms with Crippen LogP contribution in [0.4, 0.5) is 0 Å². The summed E-state index contributed by atoms with van der Waals surface area (Å²) >= 11 is 0. The molecule has 0 N–H and O–H groups in total. The molecule has 1 aromatic heterocycles. The van der Waals surface area contributed by atoms with Gasteiger partial charge >= 0.3 is 0 Å². The third-order valence-corrected chi connectivity index (χ3v) is 13.9. The minimum absolute atomic E-state index is 0.373. The number of benzene rings is 8. The first-order valence-electron chi connectivity index (χ1n) is 19.2. The van der Waals surface area contributed by atoms with E-state index < -0.39 is 9.84 Å². The second kappa shape index (κ2) is 12.4. The average molecular weight is 760 g/mol. The molecule has 5 nitrogen and oxygen atoms in total. The van der Waals surface area contributed by atoms with E-state index in [1.807, 2.05) is 36.4 Å². The number of ether oxygens (including phenoxy) is 2. The maximum atomic E-state index is 13.6. The Labute approximate surface area is 331 Å². The second-order valence-electron chi connectivity index (χ2n) is 15.4. The van der Waals surface area contributed by atoms with Crippen LogP contribution < -0.4 is 9.47 Å². The standard InChI is InChI=1S/C51H37NO4S/c1-30-5-4-6-31(19-30)35-10-17-50-46(26-35)47-27-36(11-18-51(47)57(50,53)54)32-7-8-33-21-39-24-40-25-41(12-9-34(40)22-38(39)23-37(33)20-32)52-48-15-13-42(55-2)28-44(48)45-29-43(56-3)14-16-49(45)52/h4-21,23,25-29H,22,24H2,1-3H3. The fraction of sp³-hybridized carbons (Fsp3) is 0.0980. The summed E-state index contributed by atoms with van der Waals surface area (Å²) in [6.45, 7) is 2.07. The normalized spacial score (nSPS) is 13.7. The molecule has 1 aliphatic carbocycles. The molecule has 0 unspecified atom stereocenters. The van der Waals surface area contributed by atoms with Gasteiger partial charge in [0.2, 0.25) is 9.84 Å². The quantitative estimate of drug-likeness (QED) is 0.175. The number of rotatable bonds is 5. The van der Waals surface area contributed by atoms with Crippen molar-refractivity contribution in [3.05, 3.63) is 173 Å². The summed E-state index contributed by atoms with van der Waals surface area (Å²) in [7, 11) is -0.184. The van der Waals surface area contributed by atoms with Gasteiger partial charge in [0.05, 0.1) is 35.0 Å². The Bertz CT molecular complexity index is 3240. The van der Waals surface area contributed by atoms with Gasteiger partial charge in [0, 0.05) is 27.6 Å². The van der Waals surface area contributed by atoms with Crippen LogP contribution >= 0.6 is 0 Å². The van der Waals surface area contributed by atoms with E-state index in [1.165, 1.54) is 38.6 Å². The topological polar surface area (TPSA) is 57.5 Å². The number of aryl methyl sites for hydroxylation is 1. The van der Waals surface area contributed by atoms with Crippen LogP contribution in [-0.2, 0) is 22.7 Å². The Kier molecular flexibility index (Phi) is 7.35. The molecule has 8 aromatic carbocycles. The van der Waals surface area contributed by atoms with Gasteiger partial charge in [-0.25, -0.2) is 8.42 Å². The fourth-order valence-electron chi connectivity index (χ4n) is 9.16. The predicted molar refractivity (Wildman–Crippen MR) is 230 cm³/mol. The Morgan fingerprint density at radius 1 is 0.491 bits per heavy atom. The predicted octanol–water partition coefficient (Wildman–Crippen LogP) is 11.9. The van der Waals surface area contributed by atoms with Crippen molar-refractivity contribution < 1.29 is 17.9 Å². The average Bonchev–Trinajstić information content (AvgIpc) is 3.68. The van der Waals surface area contributed by atoms with Gasteiger partial charge in [0.25, 0.3) is 0 Å². The summed E-state index contributed by atoms with van der Waals surface area (Å²) in [5.74, 6) is 1.65. The van der Waals surface area contributed by atoms with Crippen molar-refractivity contribution in [1.82, 2.24) is 4.57 Å². The molecule has 6 heteroatoms. The summed E-state index contributed by atoms with van der Waals surface area (Å²) in [5, 5.41) is 4.62. The van der Waals surface area contributed by atoms with E-state index in [9.17, 15) is 8.42 Å². The van der Waals surface area contributed by atoms with Gasteiger partial charge in [-0.1, -0.05) is 72.3 Å². The van der Waals surface area contributed by atoms with Crippen molar-refractivity contribution in [3.8, 4) is 50.6 Å². The first-order chi connectivity index (χ1) is 27.7. The molecular formula is C51H37NO4S. The van der Waals surface area contributed by atoms with Gasteiger partial charge in [0.1, 0.15) is 11.5 Å². The van der Waals surface area contributed by atoms with Crippen LogP contribution in [0, 0.1) is 6.92 Å². The molecule has 0 amide bonds. The largest absolute Gasteiger partial charge is 0.497 e. The lowest BCUT2D eigenvalue weighted by Gasteiger charge is -2.22. The van der Waals surface area contributed by atoms with Gasteiger partial charge in [-0.2, -0.15) is 0 Å². The van der Waals surface area contributed by atoms with E-state index in [0.717, 1.165) is 85.2 Å². The molecule has 0 bridgehead atoms. The van der Waals surface area contributed by atoms with Gasteiger partial charge in [-0.3, -0.25) is 0 Å². The van der Waals surface area contributed by atoms with Crippen LogP contribution in [0.2, 0.25) is 0 Å². The number of hydrogen-bond acceptors (Lipinski definition) is 4. The van der Waals surface area contributed by atoms with Crippen LogP contribution in [0.5, 0.6) is 11.5 Å². The van der Waals surface area contributed by atoms with Crippen LogP contribution in [0.3, 0.4) is 0 Å². The molecule has 2 heterocycles. The Hall–Kier alpha value is -6.63. The van der Waals surface area contributed by atoms with Gasteiger partial charge in [0.15, 0.2) is 0 Å². The molecule has 1 aliphatic heterocycles. The maximum Gasteiger partial charge on any atom is 0.207 e. The monoisotopic (exact) mass is 759 g/mol. The van der Waals surface area contributed by atoms with E-state index in [0.29, 0.717) is 9.79 Å². The van der Waals surface area contributed by atoms with E-state index in [-0.39, 0.29) is 0 Å². The molecule has 0 saturated carbocycles. The van der Waals surface area contributed by atoms with Crippen molar-refractivity contribution in [2.75, 3.05) is 14.2 Å². The Morgan fingerprint density at radius 3 is 1.68 bits per heavy atom. The number of methoxy groups -OCH3 is 2. The number of sulfone groups is 1. The summed E-state index contributed by atoms with van der Waals surface area (Å²) in [5.41, 5.74) is 15.6. The van der Waals surface area contributed by atoms with Crippen LogP contribution in [0.15, 0.2) is 155 Å². The summed E-state index contributed by atoms with van der Waals surface area (Å²) in [6.07, 6.45) is 1.72. The highest BCUT2D eigenvalue weighted by molar-refractivity contribution is 7.92. The van der Waals surface area contributed by atoms with E-state index in [4.69, 9.17) is 9.47 Å². The highest BCUT2D eigenvalue weighted by Crippen LogP contribution is 2.46. The Morgan fingerprint density at radius 2 is 1.05 bits per heavy atom. The first kappa shape index (κ1) is 33.7. The number of fused-ring (bicyclic) bond motifs is 9. The number of nitrogens with zero attached hydrogens (tertiary/aromatic N) is 1. The summed E-state index contributed by atoms with van der Waals surface area (Å²) in [4.78, 5) is 0.748. The van der Waals surface area contributed by atoms with E-state index >= 15 is 0 Å². The minimum Gasteiger partial charge on any atom is -0.497 e. The Balaban J connectivity index is 0.942. The van der Waals surface area contributed by atoms with E-state index in [1.54, 1.807) is 26.4 Å². The fourth-order valence-corrected chi connectivity index (χ4v) is 10.8. The van der Waals surface area contributed by atoms with Crippen molar-refractivity contribution in [1.29, 1.82) is 0 Å². The highest BCUT2D eigenvalue weighted by atomic mass is 32.2. The van der Waals surface area contributed by atoms with Crippen LogP contribution in [-0.4, -0.2) is 27.2 Å². The molecule has 0 radical (unpaired) electrons. The SMILES string of the molecule is COc1ccc2c(c1)c1cc(OC)ccc1n2-c1ccc2c(c1)Cc1cc3ccc(-c4ccc5c(c4)-c4cc(-c6cccc(C)c6)ccc4S5(=O)=O)cc3cc1C2.